The maximum atomic E-state index is 6.48. The van der Waals surface area contributed by atoms with Crippen LogP contribution in [0.25, 0.3) is 54.6 Å². The average Bonchev–Trinajstić information content (AvgIpc) is 2.99. The van der Waals surface area contributed by atoms with Crippen LogP contribution in [0.2, 0.25) is 0 Å². The number of nitrogen functional groups attached to an aromatic ring is 1. The zero-order valence-electron chi connectivity index (χ0n) is 13.6. The standard InChI is InChI=1S/C24H15N/c25-20-13-5-10-17-15-8-1-2-9-16(15)22-18-11-3-6-14-7-4-12-19(21(14)18)24(22)23(17)20/h1-13H,25H2. The third-order valence-corrected chi connectivity index (χ3v) is 5.53. The van der Waals surface area contributed by atoms with Crippen molar-refractivity contribution in [3.05, 3.63) is 78.9 Å². The van der Waals surface area contributed by atoms with Gasteiger partial charge in [-0.2, -0.15) is 0 Å². The van der Waals surface area contributed by atoms with Gasteiger partial charge in [-0.25, -0.2) is 0 Å². The van der Waals surface area contributed by atoms with Crippen molar-refractivity contribution in [3.63, 3.8) is 0 Å². The van der Waals surface area contributed by atoms with Gasteiger partial charge >= 0.3 is 0 Å². The van der Waals surface area contributed by atoms with E-state index in [0.29, 0.717) is 0 Å². The van der Waals surface area contributed by atoms with Crippen molar-refractivity contribution in [1.82, 2.24) is 0 Å². The Hall–Kier alpha value is -3.32. The van der Waals surface area contributed by atoms with Crippen molar-refractivity contribution < 1.29 is 0 Å². The SMILES string of the molecule is Nc1cccc2c1c1c(c3ccccc32)-c2cccc3cccc-1c23. The minimum absolute atomic E-state index is 0.851. The molecule has 0 saturated carbocycles. The number of anilines is 1. The van der Waals surface area contributed by atoms with Gasteiger partial charge in [0, 0.05) is 16.6 Å². The van der Waals surface area contributed by atoms with Gasteiger partial charge in [0.25, 0.3) is 0 Å². The third kappa shape index (κ3) is 1.49. The van der Waals surface area contributed by atoms with Crippen LogP contribution in [0.15, 0.2) is 78.9 Å². The predicted molar refractivity (Wildman–Crippen MR) is 108 cm³/mol. The van der Waals surface area contributed by atoms with Crippen LogP contribution in [0, 0.1) is 0 Å². The highest BCUT2D eigenvalue weighted by Crippen LogP contribution is 2.54. The molecule has 25 heavy (non-hydrogen) atoms. The molecule has 5 aromatic carbocycles. The van der Waals surface area contributed by atoms with Crippen LogP contribution < -0.4 is 5.73 Å². The molecule has 0 bridgehead atoms. The van der Waals surface area contributed by atoms with Gasteiger partial charge in [-0.3, -0.25) is 0 Å². The Kier molecular flexibility index (Phi) is 2.29. The molecule has 0 amide bonds. The summed E-state index contributed by atoms with van der Waals surface area (Å²) in [5, 5.41) is 7.63. The highest BCUT2D eigenvalue weighted by Gasteiger charge is 2.26. The molecule has 2 N–H and O–H groups in total. The van der Waals surface area contributed by atoms with Crippen LogP contribution in [0.5, 0.6) is 0 Å². The monoisotopic (exact) mass is 317 g/mol. The second-order valence-electron chi connectivity index (χ2n) is 6.77. The van der Waals surface area contributed by atoms with Crippen molar-refractivity contribution >= 4 is 38.0 Å². The Balaban J connectivity index is 2.02. The Labute approximate surface area is 145 Å². The summed E-state index contributed by atoms with van der Waals surface area (Å²) in [4.78, 5) is 0. The van der Waals surface area contributed by atoms with Gasteiger partial charge in [0.1, 0.15) is 0 Å². The van der Waals surface area contributed by atoms with Gasteiger partial charge in [0.15, 0.2) is 0 Å². The first-order valence-electron chi connectivity index (χ1n) is 8.60. The summed E-state index contributed by atoms with van der Waals surface area (Å²) in [7, 11) is 0. The number of hydrogen-bond acceptors (Lipinski definition) is 1. The number of rotatable bonds is 0. The van der Waals surface area contributed by atoms with E-state index in [1.807, 2.05) is 6.07 Å². The molecule has 0 radical (unpaired) electrons. The largest absolute Gasteiger partial charge is 0.398 e. The lowest BCUT2D eigenvalue weighted by Gasteiger charge is -2.14. The van der Waals surface area contributed by atoms with Crippen molar-refractivity contribution in [2.45, 2.75) is 0 Å². The Bertz CT molecular complexity index is 1340. The van der Waals surface area contributed by atoms with Crippen molar-refractivity contribution in [1.29, 1.82) is 0 Å². The summed E-state index contributed by atoms with van der Waals surface area (Å²) >= 11 is 0. The van der Waals surface area contributed by atoms with Gasteiger partial charge < -0.3 is 5.73 Å². The minimum Gasteiger partial charge on any atom is -0.398 e. The molecule has 0 heterocycles. The number of hydrogen-bond donors (Lipinski definition) is 1. The molecule has 0 unspecified atom stereocenters. The normalized spacial score (nSPS) is 12.2. The Morgan fingerprint density at radius 2 is 1.12 bits per heavy atom. The molecule has 5 aromatic rings. The molecule has 0 spiro atoms. The third-order valence-electron chi connectivity index (χ3n) is 5.53. The van der Waals surface area contributed by atoms with Crippen molar-refractivity contribution in [2.24, 2.45) is 0 Å². The summed E-state index contributed by atoms with van der Waals surface area (Å²) in [5.74, 6) is 0. The molecule has 0 fully saturated rings. The fourth-order valence-electron chi connectivity index (χ4n) is 4.58. The molecule has 1 aliphatic rings. The van der Waals surface area contributed by atoms with Crippen molar-refractivity contribution in [3.8, 4) is 22.3 Å². The summed E-state index contributed by atoms with van der Waals surface area (Å²) in [5.41, 5.74) is 12.6. The molecule has 6 rings (SSSR count). The van der Waals surface area contributed by atoms with Gasteiger partial charge in [0.05, 0.1) is 0 Å². The number of fused-ring (bicyclic) bond motifs is 8. The van der Waals surface area contributed by atoms with Gasteiger partial charge in [-0.05, 0) is 49.7 Å². The lowest BCUT2D eigenvalue weighted by Crippen LogP contribution is -1.91. The van der Waals surface area contributed by atoms with E-state index in [1.165, 1.54) is 54.6 Å². The quantitative estimate of drug-likeness (QED) is 0.255. The predicted octanol–water partition coefficient (Wildman–Crippen LogP) is 6.38. The van der Waals surface area contributed by atoms with Crippen LogP contribution in [0.3, 0.4) is 0 Å². The Morgan fingerprint density at radius 1 is 0.480 bits per heavy atom. The van der Waals surface area contributed by atoms with E-state index in [1.54, 1.807) is 0 Å². The second-order valence-corrected chi connectivity index (χ2v) is 6.77. The van der Waals surface area contributed by atoms with Crippen molar-refractivity contribution in [2.75, 3.05) is 5.73 Å². The van der Waals surface area contributed by atoms with Crippen LogP contribution in [0.4, 0.5) is 5.69 Å². The molecule has 116 valence electrons. The van der Waals surface area contributed by atoms with E-state index in [9.17, 15) is 0 Å². The van der Waals surface area contributed by atoms with Crippen LogP contribution in [-0.2, 0) is 0 Å². The van der Waals surface area contributed by atoms with E-state index in [2.05, 4.69) is 72.8 Å². The van der Waals surface area contributed by atoms with E-state index < -0.39 is 0 Å². The Morgan fingerprint density at radius 3 is 1.92 bits per heavy atom. The number of nitrogens with two attached hydrogens (primary N) is 1. The lowest BCUT2D eigenvalue weighted by molar-refractivity contribution is 1.73. The van der Waals surface area contributed by atoms with Crippen LogP contribution in [0.1, 0.15) is 0 Å². The molecular weight excluding hydrogens is 302 g/mol. The first-order chi connectivity index (χ1) is 12.3. The second kappa shape index (κ2) is 4.40. The van der Waals surface area contributed by atoms with E-state index >= 15 is 0 Å². The molecule has 1 nitrogen and oxygen atoms in total. The summed E-state index contributed by atoms with van der Waals surface area (Å²) in [6.07, 6.45) is 0. The molecular formula is C24H15N. The maximum absolute atomic E-state index is 6.48. The summed E-state index contributed by atoms with van der Waals surface area (Å²) < 4.78 is 0. The van der Waals surface area contributed by atoms with Crippen LogP contribution >= 0.6 is 0 Å². The fraction of sp³-hybridized carbons (Fsp3) is 0. The summed E-state index contributed by atoms with van der Waals surface area (Å²) in [6, 6.07) is 28.1. The molecule has 0 aliphatic heterocycles. The smallest absolute Gasteiger partial charge is 0.0400 e. The summed E-state index contributed by atoms with van der Waals surface area (Å²) in [6.45, 7) is 0. The van der Waals surface area contributed by atoms with Gasteiger partial charge in [-0.15, -0.1) is 0 Å². The average molecular weight is 317 g/mol. The zero-order chi connectivity index (χ0) is 16.5. The molecule has 0 atom stereocenters. The fourth-order valence-corrected chi connectivity index (χ4v) is 4.58. The molecule has 0 saturated heterocycles. The minimum atomic E-state index is 0.851. The highest BCUT2D eigenvalue weighted by molar-refractivity contribution is 6.31. The van der Waals surface area contributed by atoms with Gasteiger partial charge in [0.2, 0.25) is 0 Å². The lowest BCUT2D eigenvalue weighted by atomic mass is 9.89. The molecule has 1 aliphatic carbocycles. The first-order valence-corrected chi connectivity index (χ1v) is 8.60. The zero-order valence-corrected chi connectivity index (χ0v) is 13.6. The van der Waals surface area contributed by atoms with E-state index in [-0.39, 0.29) is 0 Å². The topological polar surface area (TPSA) is 26.0 Å². The maximum Gasteiger partial charge on any atom is 0.0400 e. The molecule has 1 heteroatoms. The molecule has 0 aromatic heterocycles. The first kappa shape index (κ1) is 13.0. The number of benzene rings is 5. The highest BCUT2D eigenvalue weighted by atomic mass is 14.6. The van der Waals surface area contributed by atoms with Crippen LogP contribution in [-0.4, -0.2) is 0 Å². The van der Waals surface area contributed by atoms with E-state index in [4.69, 9.17) is 5.73 Å². The van der Waals surface area contributed by atoms with Gasteiger partial charge in [-0.1, -0.05) is 72.8 Å². The van der Waals surface area contributed by atoms with E-state index in [0.717, 1.165) is 5.69 Å².